The average Bonchev–Trinajstić information content (AvgIpc) is 2.91. The number of hydrogen-bond donors (Lipinski definition) is 1. The van der Waals surface area contributed by atoms with E-state index in [9.17, 15) is 22.4 Å². The maximum Gasteiger partial charge on any atom is 0.304 e. The molecule has 0 bridgehead atoms. The van der Waals surface area contributed by atoms with E-state index >= 15 is 0 Å². The van der Waals surface area contributed by atoms with E-state index in [0.29, 0.717) is 11.3 Å². The second kappa shape index (κ2) is 13.5. The minimum Gasteiger partial charge on any atom is -0.350 e. The van der Waals surface area contributed by atoms with E-state index in [2.05, 4.69) is 5.32 Å². The second-order valence-electron chi connectivity index (χ2n) is 11.6. The Bertz CT molecular complexity index is 1500. The third-order valence-corrected chi connectivity index (χ3v) is 8.53. The highest BCUT2D eigenvalue weighted by Crippen LogP contribution is 2.26. The first-order valence-electron chi connectivity index (χ1n) is 13.8. The van der Waals surface area contributed by atoms with Crippen LogP contribution in [-0.4, -0.2) is 61.7 Å². The van der Waals surface area contributed by atoms with Crippen molar-refractivity contribution in [1.82, 2.24) is 14.5 Å². The molecule has 0 aliphatic rings. The number of hydrogen-bond acceptors (Lipinski definition) is 4. The molecule has 8 nitrogen and oxygen atoms in total. The molecule has 0 radical (unpaired) electrons. The maximum absolute atomic E-state index is 14.9. The third-order valence-electron chi connectivity index (χ3n) is 6.72. The third kappa shape index (κ3) is 8.39. The molecule has 10 heteroatoms. The minimum absolute atomic E-state index is 0.146. The van der Waals surface area contributed by atoms with Crippen LogP contribution in [0.15, 0.2) is 72.8 Å². The van der Waals surface area contributed by atoms with Gasteiger partial charge >= 0.3 is 10.2 Å². The first-order chi connectivity index (χ1) is 19.6. The van der Waals surface area contributed by atoms with Gasteiger partial charge in [-0.1, -0.05) is 60.7 Å². The van der Waals surface area contributed by atoms with Crippen LogP contribution in [0.4, 0.5) is 10.1 Å². The zero-order valence-corrected chi connectivity index (χ0v) is 26.2. The molecule has 0 aromatic heterocycles. The van der Waals surface area contributed by atoms with E-state index in [1.807, 2.05) is 64.1 Å². The Morgan fingerprint density at radius 1 is 0.929 bits per heavy atom. The van der Waals surface area contributed by atoms with Crippen LogP contribution >= 0.6 is 0 Å². The van der Waals surface area contributed by atoms with Gasteiger partial charge in [0.2, 0.25) is 11.8 Å². The summed E-state index contributed by atoms with van der Waals surface area (Å²) in [7, 11) is -1.34. The number of amides is 2. The molecule has 0 fully saturated rings. The topological polar surface area (TPSA) is 90.0 Å². The minimum atomic E-state index is -4.13. The summed E-state index contributed by atoms with van der Waals surface area (Å²) in [5.41, 5.74) is 2.22. The first kappa shape index (κ1) is 32.8. The van der Waals surface area contributed by atoms with Crippen molar-refractivity contribution < 1.29 is 22.4 Å². The van der Waals surface area contributed by atoms with Gasteiger partial charge in [0.05, 0.1) is 5.69 Å². The smallest absolute Gasteiger partial charge is 0.304 e. The molecule has 0 aliphatic heterocycles. The van der Waals surface area contributed by atoms with Crippen LogP contribution in [0.1, 0.15) is 43.0 Å². The zero-order valence-electron chi connectivity index (χ0n) is 25.4. The number of aryl methyl sites for hydroxylation is 2. The molecule has 0 saturated carbocycles. The number of carbonyl (C=O) groups is 2. The van der Waals surface area contributed by atoms with Gasteiger partial charge in [-0.3, -0.25) is 9.59 Å². The van der Waals surface area contributed by atoms with E-state index in [0.717, 1.165) is 19.7 Å². The Labute approximate surface area is 249 Å². The lowest BCUT2D eigenvalue weighted by Gasteiger charge is -2.36. The molecule has 3 rings (SSSR count). The molecular weight excluding hydrogens is 555 g/mol. The Morgan fingerprint density at radius 2 is 1.55 bits per heavy atom. The quantitative estimate of drug-likeness (QED) is 0.350. The Balaban J connectivity index is 2.16. The normalized spacial score (nSPS) is 12.6. The van der Waals surface area contributed by atoms with Gasteiger partial charge in [-0.2, -0.15) is 12.7 Å². The molecule has 1 N–H and O–H groups in total. The number of anilines is 1. The summed E-state index contributed by atoms with van der Waals surface area (Å²) in [6.07, 6.45) is 0.146. The van der Waals surface area contributed by atoms with Crippen molar-refractivity contribution in [2.75, 3.05) is 24.9 Å². The summed E-state index contributed by atoms with van der Waals surface area (Å²) < 4.78 is 44.2. The highest BCUT2D eigenvalue weighted by molar-refractivity contribution is 7.90. The van der Waals surface area contributed by atoms with Crippen molar-refractivity contribution in [3.63, 3.8) is 0 Å². The summed E-state index contributed by atoms with van der Waals surface area (Å²) in [4.78, 5) is 29.4. The van der Waals surface area contributed by atoms with Gasteiger partial charge in [-0.25, -0.2) is 8.70 Å². The van der Waals surface area contributed by atoms with Gasteiger partial charge in [-0.05, 0) is 63.4 Å². The lowest BCUT2D eigenvalue weighted by atomic mass is 10.0. The maximum atomic E-state index is 14.9. The Hall–Kier alpha value is -3.76. The lowest BCUT2D eigenvalue weighted by Crippen LogP contribution is -2.56. The van der Waals surface area contributed by atoms with Crippen LogP contribution in [0.25, 0.3) is 0 Å². The van der Waals surface area contributed by atoms with E-state index in [1.165, 1.54) is 25.1 Å². The van der Waals surface area contributed by atoms with Crippen molar-refractivity contribution >= 4 is 27.7 Å². The van der Waals surface area contributed by atoms with Crippen molar-refractivity contribution in [2.24, 2.45) is 0 Å². The van der Waals surface area contributed by atoms with Crippen LogP contribution in [0.5, 0.6) is 0 Å². The van der Waals surface area contributed by atoms with E-state index in [4.69, 9.17) is 0 Å². The van der Waals surface area contributed by atoms with Crippen LogP contribution < -0.4 is 9.62 Å². The number of nitrogens with one attached hydrogen (secondary N) is 1. The van der Waals surface area contributed by atoms with Crippen molar-refractivity contribution in [3.8, 4) is 0 Å². The molecule has 0 spiro atoms. The van der Waals surface area contributed by atoms with Gasteiger partial charge in [0.1, 0.15) is 18.4 Å². The molecular formula is C32H41FN4O4S. The molecule has 0 saturated heterocycles. The van der Waals surface area contributed by atoms with E-state index in [-0.39, 0.29) is 18.5 Å². The van der Waals surface area contributed by atoms with Gasteiger partial charge in [0.25, 0.3) is 0 Å². The Kier molecular flexibility index (Phi) is 10.5. The summed E-state index contributed by atoms with van der Waals surface area (Å²) >= 11 is 0. The molecule has 2 amide bonds. The standard InChI is InChI=1S/C32H41FN4O4S/c1-23-17-18-24(2)28(19-23)37(42(40,41)35(6)7)22-30(38)36(21-26-15-11-12-16-27(26)33)29(31(39)34-32(3,4)5)20-25-13-9-8-10-14-25/h8-19,29H,20-22H2,1-7H3,(H,34,39)/t29-/m0/s1. The monoisotopic (exact) mass is 596 g/mol. The number of carbonyl (C=O) groups excluding carboxylic acids is 2. The van der Waals surface area contributed by atoms with Crippen LogP contribution in [-0.2, 0) is 32.8 Å². The fraction of sp³-hybridized carbons (Fsp3) is 0.375. The van der Waals surface area contributed by atoms with Crippen molar-refractivity contribution in [2.45, 2.75) is 59.2 Å². The predicted octanol–water partition coefficient (Wildman–Crippen LogP) is 4.61. The highest BCUT2D eigenvalue weighted by Gasteiger charge is 2.36. The molecule has 0 aliphatic carbocycles. The van der Waals surface area contributed by atoms with Gasteiger partial charge in [0.15, 0.2) is 0 Å². The zero-order chi connectivity index (χ0) is 31.2. The lowest BCUT2D eigenvalue weighted by molar-refractivity contribution is -0.140. The van der Waals surface area contributed by atoms with Gasteiger partial charge in [0, 0.05) is 38.2 Å². The van der Waals surface area contributed by atoms with Gasteiger partial charge < -0.3 is 10.2 Å². The van der Waals surface area contributed by atoms with Crippen molar-refractivity contribution in [3.05, 3.63) is 101 Å². The number of rotatable bonds is 11. The molecule has 1 atom stereocenters. The summed E-state index contributed by atoms with van der Waals surface area (Å²) in [6.45, 7) is 8.28. The summed E-state index contributed by atoms with van der Waals surface area (Å²) in [5.74, 6) is -1.60. The number of benzene rings is 3. The number of nitrogens with zero attached hydrogens (tertiary/aromatic N) is 3. The second-order valence-corrected chi connectivity index (χ2v) is 13.7. The fourth-order valence-electron chi connectivity index (χ4n) is 4.51. The summed E-state index contributed by atoms with van der Waals surface area (Å²) in [6, 6.07) is 19.6. The molecule has 3 aromatic carbocycles. The average molecular weight is 597 g/mol. The van der Waals surface area contributed by atoms with Crippen LogP contribution in [0.2, 0.25) is 0 Å². The molecule has 0 unspecified atom stereocenters. The largest absolute Gasteiger partial charge is 0.350 e. The predicted molar refractivity (Wildman–Crippen MR) is 165 cm³/mol. The van der Waals surface area contributed by atoms with Crippen LogP contribution in [0, 0.1) is 19.7 Å². The fourth-order valence-corrected chi connectivity index (χ4v) is 5.62. The van der Waals surface area contributed by atoms with E-state index in [1.54, 1.807) is 37.3 Å². The highest BCUT2D eigenvalue weighted by atomic mass is 32.2. The van der Waals surface area contributed by atoms with Crippen molar-refractivity contribution in [1.29, 1.82) is 0 Å². The SMILES string of the molecule is Cc1ccc(C)c(N(CC(=O)N(Cc2ccccc2F)[C@@H](Cc2ccccc2)C(=O)NC(C)(C)C)S(=O)(=O)N(C)C)c1. The van der Waals surface area contributed by atoms with Gasteiger partial charge in [-0.15, -0.1) is 0 Å². The molecule has 226 valence electrons. The number of halogens is 1. The van der Waals surface area contributed by atoms with Crippen LogP contribution in [0.3, 0.4) is 0 Å². The first-order valence-corrected chi connectivity index (χ1v) is 15.2. The van der Waals surface area contributed by atoms with E-state index < -0.39 is 46.0 Å². The Morgan fingerprint density at radius 3 is 2.14 bits per heavy atom. The molecule has 3 aromatic rings. The molecule has 0 heterocycles. The summed E-state index contributed by atoms with van der Waals surface area (Å²) in [5, 5.41) is 2.96. The molecule has 42 heavy (non-hydrogen) atoms.